The fourth-order valence-electron chi connectivity index (χ4n) is 2.28. The number of nitrogens with one attached hydrogen (secondary N) is 1. The minimum Gasteiger partial charge on any atom is -0.359 e. The lowest BCUT2D eigenvalue weighted by atomic mass is 9.88. The van der Waals surface area contributed by atoms with E-state index >= 15 is 0 Å². The van der Waals surface area contributed by atoms with Gasteiger partial charge in [-0.25, -0.2) is 0 Å². The quantitative estimate of drug-likeness (QED) is 0.784. The molecule has 2 rings (SSSR count). The van der Waals surface area contributed by atoms with Gasteiger partial charge in [-0.2, -0.15) is 0 Å². The third-order valence-corrected chi connectivity index (χ3v) is 3.31. The molecule has 0 saturated heterocycles. The molecule has 0 bridgehead atoms. The number of rotatable bonds is 2. The van der Waals surface area contributed by atoms with E-state index in [9.17, 15) is 0 Å². The molecule has 0 amide bonds. The third-order valence-electron chi connectivity index (χ3n) is 3.31. The van der Waals surface area contributed by atoms with E-state index in [1.54, 1.807) is 0 Å². The Hall–Kier alpha value is -1.50. The van der Waals surface area contributed by atoms with Gasteiger partial charge in [0.1, 0.15) is 0 Å². The topological polar surface area (TPSA) is 12.0 Å². The lowest BCUT2D eigenvalue weighted by molar-refractivity contribution is 0.546. The Morgan fingerprint density at radius 1 is 1.31 bits per heavy atom. The van der Waals surface area contributed by atoms with Gasteiger partial charge in [0.05, 0.1) is 0 Å². The lowest BCUT2D eigenvalue weighted by Gasteiger charge is -2.29. The minimum atomic E-state index is 0.590. The maximum absolute atomic E-state index is 4.13. The molecule has 1 aromatic rings. The van der Waals surface area contributed by atoms with Crippen molar-refractivity contribution in [3.8, 4) is 0 Å². The maximum Gasteiger partial charge on any atom is 0.0444 e. The lowest BCUT2D eigenvalue weighted by Crippen LogP contribution is -2.24. The summed E-state index contributed by atoms with van der Waals surface area (Å²) in [5.74, 6) is 0.590. The van der Waals surface area contributed by atoms with Crippen LogP contribution in [0.25, 0.3) is 5.70 Å². The first-order valence-corrected chi connectivity index (χ1v) is 5.93. The first-order valence-electron chi connectivity index (χ1n) is 5.93. The summed E-state index contributed by atoms with van der Waals surface area (Å²) < 4.78 is 0. The molecule has 0 spiro atoms. The van der Waals surface area contributed by atoms with Crippen molar-refractivity contribution >= 4 is 5.70 Å². The van der Waals surface area contributed by atoms with Gasteiger partial charge >= 0.3 is 0 Å². The van der Waals surface area contributed by atoms with Crippen molar-refractivity contribution < 1.29 is 0 Å². The molecule has 1 heterocycles. The second kappa shape index (κ2) is 4.56. The molecule has 1 aliphatic rings. The van der Waals surface area contributed by atoms with Crippen LogP contribution in [0.5, 0.6) is 0 Å². The Morgan fingerprint density at radius 2 is 2.00 bits per heavy atom. The zero-order valence-electron chi connectivity index (χ0n) is 10.1. The van der Waals surface area contributed by atoms with Crippen LogP contribution in [0, 0.1) is 5.92 Å². The van der Waals surface area contributed by atoms with E-state index < -0.39 is 0 Å². The predicted octanol–water partition coefficient (Wildman–Crippen LogP) is 3.95. The van der Waals surface area contributed by atoms with Gasteiger partial charge in [-0.3, -0.25) is 0 Å². The van der Waals surface area contributed by atoms with E-state index in [4.69, 9.17) is 0 Å². The Morgan fingerprint density at radius 3 is 2.62 bits per heavy atom. The normalized spacial score (nSPS) is 20.9. The number of allylic oxidation sites excluding steroid dienone is 2. The first kappa shape index (κ1) is 11.0. The molecule has 0 fully saturated rings. The summed E-state index contributed by atoms with van der Waals surface area (Å²) in [6, 6.07) is 10.5. The van der Waals surface area contributed by atoms with Gasteiger partial charge in [0.2, 0.25) is 0 Å². The van der Waals surface area contributed by atoms with Crippen LogP contribution in [0.15, 0.2) is 48.2 Å². The maximum atomic E-state index is 4.13. The Bertz CT molecular complexity index is 414. The summed E-state index contributed by atoms with van der Waals surface area (Å²) in [6.45, 7) is 8.56. The standard InChI is InChI=1S/C15H19N/c1-4-13-10-11(2)15(16-12(13)3)14-8-6-5-7-9-14/h5-9,13,16H,3-4,10H2,1-2H3. The molecule has 0 aliphatic carbocycles. The largest absolute Gasteiger partial charge is 0.359 e. The van der Waals surface area contributed by atoms with Crippen LogP contribution in [0.1, 0.15) is 32.3 Å². The third kappa shape index (κ3) is 2.04. The molecule has 16 heavy (non-hydrogen) atoms. The molecular formula is C15H19N. The summed E-state index contributed by atoms with van der Waals surface area (Å²) in [5.41, 5.74) is 5.10. The van der Waals surface area contributed by atoms with Crippen LogP contribution < -0.4 is 5.32 Å². The van der Waals surface area contributed by atoms with E-state index in [2.05, 4.69) is 50.0 Å². The fourth-order valence-corrected chi connectivity index (χ4v) is 2.28. The predicted molar refractivity (Wildman–Crippen MR) is 69.7 cm³/mol. The molecule has 1 atom stereocenters. The fraction of sp³-hybridized carbons (Fsp3) is 0.333. The number of hydrogen-bond donors (Lipinski definition) is 1. The molecular weight excluding hydrogens is 194 g/mol. The van der Waals surface area contributed by atoms with Crippen molar-refractivity contribution in [3.05, 3.63) is 53.7 Å². The molecule has 0 radical (unpaired) electrons. The molecule has 0 saturated carbocycles. The van der Waals surface area contributed by atoms with Gasteiger partial charge in [-0.15, -0.1) is 0 Å². The van der Waals surface area contributed by atoms with Crippen LogP contribution in [0.2, 0.25) is 0 Å². The van der Waals surface area contributed by atoms with Gasteiger partial charge in [0, 0.05) is 17.3 Å². The highest BCUT2D eigenvalue weighted by Gasteiger charge is 2.20. The van der Waals surface area contributed by atoms with Crippen LogP contribution >= 0.6 is 0 Å². The molecule has 84 valence electrons. The molecule has 1 unspecified atom stereocenters. The van der Waals surface area contributed by atoms with Crippen molar-refractivity contribution in [1.82, 2.24) is 5.32 Å². The second-order valence-corrected chi connectivity index (χ2v) is 4.48. The monoisotopic (exact) mass is 213 g/mol. The van der Waals surface area contributed by atoms with E-state index in [-0.39, 0.29) is 0 Å². The average Bonchev–Trinajstić information content (AvgIpc) is 2.32. The van der Waals surface area contributed by atoms with Crippen molar-refractivity contribution in [3.63, 3.8) is 0 Å². The Labute approximate surface area is 97.9 Å². The highest BCUT2D eigenvalue weighted by molar-refractivity contribution is 5.69. The van der Waals surface area contributed by atoms with E-state index in [0.29, 0.717) is 5.92 Å². The minimum absolute atomic E-state index is 0.590. The van der Waals surface area contributed by atoms with Gasteiger partial charge < -0.3 is 5.32 Å². The van der Waals surface area contributed by atoms with Gasteiger partial charge in [0.15, 0.2) is 0 Å². The summed E-state index contributed by atoms with van der Waals surface area (Å²) in [6.07, 6.45) is 2.29. The van der Waals surface area contributed by atoms with Crippen LogP contribution in [0.3, 0.4) is 0 Å². The summed E-state index contributed by atoms with van der Waals surface area (Å²) >= 11 is 0. The second-order valence-electron chi connectivity index (χ2n) is 4.48. The van der Waals surface area contributed by atoms with E-state index in [1.807, 2.05) is 6.07 Å². The van der Waals surface area contributed by atoms with Gasteiger partial charge in [-0.05, 0) is 30.9 Å². The van der Waals surface area contributed by atoms with E-state index in [0.717, 1.165) is 18.5 Å². The van der Waals surface area contributed by atoms with Crippen molar-refractivity contribution in [2.75, 3.05) is 0 Å². The highest BCUT2D eigenvalue weighted by Crippen LogP contribution is 2.31. The summed E-state index contributed by atoms with van der Waals surface area (Å²) in [5, 5.41) is 3.47. The van der Waals surface area contributed by atoms with Crippen molar-refractivity contribution in [1.29, 1.82) is 0 Å². The summed E-state index contributed by atoms with van der Waals surface area (Å²) in [7, 11) is 0. The van der Waals surface area contributed by atoms with Crippen molar-refractivity contribution in [2.24, 2.45) is 5.92 Å². The first-order chi connectivity index (χ1) is 7.72. The molecule has 1 heteroatoms. The van der Waals surface area contributed by atoms with Crippen LogP contribution in [0.4, 0.5) is 0 Å². The average molecular weight is 213 g/mol. The van der Waals surface area contributed by atoms with Crippen LogP contribution in [-0.2, 0) is 0 Å². The zero-order valence-corrected chi connectivity index (χ0v) is 10.1. The summed E-state index contributed by atoms with van der Waals surface area (Å²) in [4.78, 5) is 0. The highest BCUT2D eigenvalue weighted by atomic mass is 14.9. The SMILES string of the molecule is C=C1NC(c2ccccc2)=C(C)CC1CC. The Balaban J connectivity index is 2.32. The Kier molecular flexibility index (Phi) is 3.14. The van der Waals surface area contributed by atoms with Gasteiger partial charge in [0.25, 0.3) is 0 Å². The van der Waals surface area contributed by atoms with E-state index in [1.165, 1.54) is 16.8 Å². The van der Waals surface area contributed by atoms with Crippen LogP contribution in [-0.4, -0.2) is 0 Å². The molecule has 1 aromatic carbocycles. The number of benzene rings is 1. The van der Waals surface area contributed by atoms with Gasteiger partial charge in [-0.1, -0.05) is 43.8 Å². The number of hydrogen-bond acceptors (Lipinski definition) is 1. The van der Waals surface area contributed by atoms with Crippen molar-refractivity contribution in [2.45, 2.75) is 26.7 Å². The molecule has 1 N–H and O–H groups in total. The zero-order chi connectivity index (χ0) is 11.5. The molecule has 1 aliphatic heterocycles. The molecule has 1 nitrogen and oxygen atoms in total. The molecule has 0 aromatic heterocycles. The smallest absolute Gasteiger partial charge is 0.0444 e.